The van der Waals surface area contributed by atoms with E-state index in [0.29, 0.717) is 5.69 Å². The van der Waals surface area contributed by atoms with Crippen molar-refractivity contribution in [3.63, 3.8) is 0 Å². The molecule has 0 fully saturated rings. The third kappa shape index (κ3) is 3.09. The van der Waals surface area contributed by atoms with Crippen molar-refractivity contribution in [1.82, 2.24) is 19.9 Å². The molecular weight excluding hydrogens is 430 g/mol. The molecule has 4 aromatic heterocycles. The van der Waals surface area contributed by atoms with Gasteiger partial charge < -0.3 is 5.73 Å². The van der Waals surface area contributed by atoms with Crippen LogP contribution in [0.3, 0.4) is 0 Å². The smallest absolute Gasteiger partial charge is 0.0972 e. The normalized spacial score (nSPS) is 11.5. The van der Waals surface area contributed by atoms with Crippen LogP contribution in [0.4, 0.5) is 5.69 Å². The highest BCUT2D eigenvalue weighted by atomic mass is 14.8. The summed E-state index contributed by atoms with van der Waals surface area (Å²) in [6, 6.07) is 30.5. The molecule has 0 aliphatic rings. The zero-order valence-corrected chi connectivity index (χ0v) is 18.7. The zero-order valence-electron chi connectivity index (χ0n) is 18.7. The Balaban J connectivity index is 1.42. The highest BCUT2D eigenvalue weighted by molar-refractivity contribution is 6.05. The number of hydrogen-bond donors (Lipinski definition) is 1. The van der Waals surface area contributed by atoms with Gasteiger partial charge in [0.25, 0.3) is 0 Å². The monoisotopic (exact) mass is 449 g/mol. The maximum absolute atomic E-state index is 6.75. The number of nitrogens with two attached hydrogens (primary N) is 1. The number of para-hydroxylation sites is 1. The second kappa shape index (κ2) is 7.57. The average molecular weight is 450 g/mol. The molecule has 0 aliphatic heterocycles. The molecule has 0 radical (unpaired) electrons. The van der Waals surface area contributed by atoms with Crippen LogP contribution in [-0.2, 0) is 0 Å². The summed E-state index contributed by atoms with van der Waals surface area (Å²) in [7, 11) is 0. The van der Waals surface area contributed by atoms with Crippen molar-refractivity contribution in [1.29, 1.82) is 0 Å². The number of fused-ring (bicyclic) bond motifs is 6. The first-order chi connectivity index (χ1) is 17.3. The molecule has 0 unspecified atom stereocenters. The van der Waals surface area contributed by atoms with Gasteiger partial charge >= 0.3 is 0 Å². The number of rotatable bonds is 2. The highest BCUT2D eigenvalue weighted by Crippen LogP contribution is 2.35. The fourth-order valence-corrected chi connectivity index (χ4v) is 4.76. The summed E-state index contributed by atoms with van der Waals surface area (Å²) in [6.07, 6.45) is 3.60. The van der Waals surface area contributed by atoms with Gasteiger partial charge in [0.1, 0.15) is 0 Å². The van der Waals surface area contributed by atoms with Gasteiger partial charge in [0.05, 0.1) is 39.1 Å². The molecule has 5 nitrogen and oxygen atoms in total. The van der Waals surface area contributed by atoms with E-state index in [1.54, 1.807) is 12.4 Å². The Morgan fingerprint density at radius 1 is 0.429 bits per heavy atom. The lowest BCUT2D eigenvalue weighted by molar-refractivity contribution is 1.36. The molecule has 0 bridgehead atoms. The van der Waals surface area contributed by atoms with Crippen LogP contribution in [0.25, 0.3) is 66.1 Å². The molecule has 5 heteroatoms. The van der Waals surface area contributed by atoms with E-state index in [0.717, 1.165) is 66.1 Å². The van der Waals surface area contributed by atoms with Gasteiger partial charge in [-0.2, -0.15) is 0 Å². The minimum absolute atomic E-state index is 0.646. The van der Waals surface area contributed by atoms with Crippen LogP contribution in [0.15, 0.2) is 103 Å². The van der Waals surface area contributed by atoms with Gasteiger partial charge in [-0.25, -0.2) is 9.97 Å². The third-order valence-corrected chi connectivity index (χ3v) is 6.52. The third-order valence-electron chi connectivity index (χ3n) is 6.52. The van der Waals surface area contributed by atoms with Gasteiger partial charge in [-0.1, -0.05) is 66.7 Å². The molecule has 0 aliphatic carbocycles. The Labute approximate surface area is 200 Å². The summed E-state index contributed by atoms with van der Waals surface area (Å²) in [5, 5.41) is 4.22. The second-order valence-corrected chi connectivity index (χ2v) is 8.58. The Bertz CT molecular complexity index is 1790. The molecule has 0 spiro atoms. The van der Waals surface area contributed by atoms with Gasteiger partial charge in [-0.15, -0.1) is 0 Å². The number of nitrogen functional groups attached to an aromatic ring is 1. The van der Waals surface area contributed by atoms with Crippen LogP contribution in [-0.4, -0.2) is 19.9 Å². The molecule has 0 atom stereocenters. The maximum Gasteiger partial charge on any atom is 0.0972 e. The zero-order chi connectivity index (χ0) is 23.4. The summed E-state index contributed by atoms with van der Waals surface area (Å²) in [6.45, 7) is 0. The standard InChI is InChI=1S/C30H19N5/c31-26-22(24-14-12-20-10-8-18-4-2-16-32-27(18)29(20)34-24)6-1-7-23(26)25-15-13-21-11-9-19-5-3-17-33-28(19)30(21)35-25/h1-17H,31H2. The van der Waals surface area contributed by atoms with Gasteiger partial charge in [0, 0.05) is 45.1 Å². The molecule has 0 saturated carbocycles. The number of aromatic nitrogens is 4. The van der Waals surface area contributed by atoms with Crippen molar-refractivity contribution in [2.24, 2.45) is 0 Å². The minimum Gasteiger partial charge on any atom is -0.398 e. The Kier molecular flexibility index (Phi) is 4.23. The fourth-order valence-electron chi connectivity index (χ4n) is 4.76. The first-order valence-electron chi connectivity index (χ1n) is 11.4. The Hall–Kier alpha value is -4.90. The first kappa shape index (κ1) is 19.6. The molecule has 3 aromatic carbocycles. The van der Waals surface area contributed by atoms with Crippen molar-refractivity contribution in [3.8, 4) is 22.5 Å². The fraction of sp³-hybridized carbons (Fsp3) is 0. The van der Waals surface area contributed by atoms with E-state index < -0.39 is 0 Å². The lowest BCUT2D eigenvalue weighted by atomic mass is 10.00. The Morgan fingerprint density at radius 3 is 1.34 bits per heavy atom. The minimum atomic E-state index is 0.646. The largest absolute Gasteiger partial charge is 0.398 e. The van der Waals surface area contributed by atoms with E-state index in [1.165, 1.54) is 0 Å². The molecular formula is C30H19N5. The van der Waals surface area contributed by atoms with Crippen LogP contribution < -0.4 is 5.73 Å². The van der Waals surface area contributed by atoms with Crippen LogP contribution in [0.2, 0.25) is 0 Å². The quantitative estimate of drug-likeness (QED) is 0.232. The summed E-state index contributed by atoms with van der Waals surface area (Å²) in [4.78, 5) is 19.1. The second-order valence-electron chi connectivity index (χ2n) is 8.58. The molecule has 2 N–H and O–H groups in total. The van der Waals surface area contributed by atoms with Crippen LogP contribution in [0, 0.1) is 0 Å². The summed E-state index contributed by atoms with van der Waals surface area (Å²) < 4.78 is 0. The predicted molar refractivity (Wildman–Crippen MR) is 143 cm³/mol. The summed E-state index contributed by atoms with van der Waals surface area (Å²) >= 11 is 0. The molecule has 7 aromatic rings. The van der Waals surface area contributed by atoms with E-state index in [9.17, 15) is 0 Å². The van der Waals surface area contributed by atoms with Gasteiger partial charge in [-0.3, -0.25) is 9.97 Å². The van der Waals surface area contributed by atoms with Crippen molar-refractivity contribution in [2.75, 3.05) is 5.73 Å². The Morgan fingerprint density at radius 2 is 0.857 bits per heavy atom. The highest BCUT2D eigenvalue weighted by Gasteiger charge is 2.14. The molecule has 7 rings (SSSR count). The number of anilines is 1. The van der Waals surface area contributed by atoms with E-state index in [-0.39, 0.29) is 0 Å². The van der Waals surface area contributed by atoms with E-state index in [2.05, 4.69) is 58.5 Å². The van der Waals surface area contributed by atoms with Gasteiger partial charge in [0.2, 0.25) is 0 Å². The molecule has 0 saturated heterocycles. The van der Waals surface area contributed by atoms with Crippen LogP contribution >= 0.6 is 0 Å². The average Bonchev–Trinajstić information content (AvgIpc) is 2.92. The lowest BCUT2D eigenvalue weighted by Crippen LogP contribution is -1.97. The van der Waals surface area contributed by atoms with Crippen molar-refractivity contribution in [2.45, 2.75) is 0 Å². The summed E-state index contributed by atoms with van der Waals surface area (Å²) in [5.41, 5.74) is 14.3. The van der Waals surface area contributed by atoms with Crippen LogP contribution in [0.5, 0.6) is 0 Å². The molecule has 0 amide bonds. The van der Waals surface area contributed by atoms with Crippen molar-refractivity contribution >= 4 is 49.3 Å². The maximum atomic E-state index is 6.75. The van der Waals surface area contributed by atoms with E-state index >= 15 is 0 Å². The number of hydrogen-bond acceptors (Lipinski definition) is 5. The number of benzene rings is 3. The summed E-state index contributed by atoms with van der Waals surface area (Å²) in [5.74, 6) is 0. The number of pyridine rings is 4. The lowest BCUT2D eigenvalue weighted by Gasteiger charge is -2.12. The topological polar surface area (TPSA) is 77.6 Å². The van der Waals surface area contributed by atoms with E-state index in [1.807, 2.05) is 42.5 Å². The molecule has 164 valence electrons. The first-order valence-corrected chi connectivity index (χ1v) is 11.4. The number of nitrogens with zero attached hydrogens (tertiary/aromatic N) is 4. The van der Waals surface area contributed by atoms with Crippen molar-refractivity contribution in [3.05, 3.63) is 103 Å². The van der Waals surface area contributed by atoms with Gasteiger partial charge in [0.15, 0.2) is 0 Å². The SMILES string of the molecule is Nc1c(-c2ccc3ccc4cccnc4c3n2)cccc1-c1ccc2ccc3cccnc3c2n1. The molecule has 35 heavy (non-hydrogen) atoms. The molecule has 4 heterocycles. The van der Waals surface area contributed by atoms with E-state index in [4.69, 9.17) is 15.7 Å². The predicted octanol–water partition coefficient (Wildman–Crippen LogP) is 6.80. The van der Waals surface area contributed by atoms with Gasteiger partial charge in [-0.05, 0) is 24.3 Å². The van der Waals surface area contributed by atoms with Crippen molar-refractivity contribution < 1.29 is 0 Å². The van der Waals surface area contributed by atoms with Crippen LogP contribution in [0.1, 0.15) is 0 Å².